The van der Waals surface area contributed by atoms with Gasteiger partial charge in [0, 0.05) is 24.2 Å². The Morgan fingerprint density at radius 2 is 1.73 bits per heavy atom. The van der Waals surface area contributed by atoms with Crippen LogP contribution in [0.15, 0.2) is 72.9 Å². The molecule has 0 radical (unpaired) electrons. The van der Waals surface area contributed by atoms with Crippen LogP contribution in [0.3, 0.4) is 0 Å². The zero-order valence-corrected chi connectivity index (χ0v) is 16.5. The van der Waals surface area contributed by atoms with Gasteiger partial charge in [-0.25, -0.2) is 4.79 Å². The highest BCUT2D eigenvalue weighted by Gasteiger charge is 2.28. The van der Waals surface area contributed by atoms with Gasteiger partial charge in [-0.15, -0.1) is 0 Å². The van der Waals surface area contributed by atoms with Crippen LogP contribution in [0.4, 0.5) is 4.79 Å². The van der Waals surface area contributed by atoms with E-state index in [0.29, 0.717) is 30.8 Å². The first kappa shape index (κ1) is 19.6. The first-order chi connectivity index (χ1) is 14.8. The number of fused-ring (bicyclic) bond motifs is 3. The molecule has 3 aromatic rings. The number of benzene rings is 2. The van der Waals surface area contributed by atoms with Gasteiger partial charge in [-0.2, -0.15) is 0 Å². The number of nitrogens with zero attached hydrogens (tertiary/aromatic N) is 1. The largest absolute Gasteiger partial charge is 0.449 e. The van der Waals surface area contributed by atoms with Gasteiger partial charge in [0.2, 0.25) is 0 Å². The fourth-order valence-electron chi connectivity index (χ4n) is 3.74. The molecule has 1 heterocycles. The molecule has 1 amide bonds. The minimum absolute atomic E-state index is 0.0548. The second kappa shape index (κ2) is 9.18. The molecule has 1 aromatic heterocycles. The summed E-state index contributed by atoms with van der Waals surface area (Å²) in [6, 6.07) is 19.9. The number of aldehydes is 1. The number of aromatic nitrogens is 1. The third kappa shape index (κ3) is 4.30. The van der Waals surface area contributed by atoms with Crippen LogP contribution in [0.1, 0.15) is 39.5 Å². The Morgan fingerprint density at radius 1 is 1.03 bits per heavy atom. The van der Waals surface area contributed by atoms with Crippen molar-refractivity contribution >= 4 is 18.5 Å². The summed E-state index contributed by atoms with van der Waals surface area (Å²) in [4.78, 5) is 27.1. The molecule has 4 rings (SSSR count). The fourth-order valence-corrected chi connectivity index (χ4v) is 3.74. The number of carbonyl (C=O) groups excluding carboxylic acids is 2. The molecule has 0 bridgehead atoms. The minimum atomic E-state index is -0.425. The van der Waals surface area contributed by atoms with Gasteiger partial charge in [-0.05, 0) is 46.9 Å². The van der Waals surface area contributed by atoms with Crippen molar-refractivity contribution < 1.29 is 14.3 Å². The van der Waals surface area contributed by atoms with Crippen molar-refractivity contribution in [1.29, 1.82) is 0 Å². The lowest BCUT2D eigenvalue weighted by atomic mass is 9.98. The van der Waals surface area contributed by atoms with Gasteiger partial charge in [0.25, 0.3) is 0 Å². The van der Waals surface area contributed by atoms with Gasteiger partial charge in [0.15, 0.2) is 0 Å². The van der Waals surface area contributed by atoms with Gasteiger partial charge in [-0.3, -0.25) is 9.78 Å². The highest BCUT2D eigenvalue weighted by molar-refractivity contribution is 5.79. The van der Waals surface area contributed by atoms with Crippen molar-refractivity contribution in [3.8, 4) is 11.1 Å². The molecule has 1 aliphatic rings. The number of hydrogen-bond acceptors (Lipinski definition) is 4. The number of ether oxygens (including phenoxy) is 1. The normalized spacial score (nSPS) is 12.4. The molecule has 2 aromatic carbocycles. The van der Waals surface area contributed by atoms with Gasteiger partial charge in [0.05, 0.1) is 5.69 Å². The van der Waals surface area contributed by atoms with Crippen molar-refractivity contribution in [2.75, 3.05) is 13.2 Å². The fraction of sp³-hybridized carbons (Fsp3) is 0.160. The zero-order valence-electron chi connectivity index (χ0n) is 16.5. The Hall–Kier alpha value is -3.73. The van der Waals surface area contributed by atoms with E-state index in [1.165, 1.54) is 22.3 Å². The predicted octanol–water partition coefficient (Wildman–Crippen LogP) is 4.84. The molecule has 1 N–H and O–H groups in total. The van der Waals surface area contributed by atoms with Crippen LogP contribution in [-0.4, -0.2) is 30.5 Å². The van der Waals surface area contributed by atoms with Gasteiger partial charge < -0.3 is 10.1 Å². The van der Waals surface area contributed by atoms with Crippen LogP contribution in [-0.2, 0) is 4.74 Å². The summed E-state index contributed by atoms with van der Waals surface area (Å²) in [6.45, 7) is 0.763. The second-order valence-electron chi connectivity index (χ2n) is 7.08. The highest BCUT2D eigenvalue weighted by Crippen LogP contribution is 2.44. The van der Waals surface area contributed by atoms with E-state index >= 15 is 0 Å². The summed E-state index contributed by atoms with van der Waals surface area (Å²) in [7, 11) is 0. The predicted molar refractivity (Wildman–Crippen MR) is 116 cm³/mol. The van der Waals surface area contributed by atoms with Crippen LogP contribution in [0.25, 0.3) is 17.2 Å². The van der Waals surface area contributed by atoms with Crippen molar-refractivity contribution in [3.05, 3.63) is 95.3 Å². The molecule has 0 fully saturated rings. The molecule has 0 spiro atoms. The average molecular weight is 398 g/mol. The highest BCUT2D eigenvalue weighted by atomic mass is 16.5. The molecule has 5 nitrogen and oxygen atoms in total. The summed E-state index contributed by atoms with van der Waals surface area (Å²) in [6.07, 6.45) is 6.33. The van der Waals surface area contributed by atoms with E-state index in [-0.39, 0.29) is 5.92 Å². The molecular formula is C25H22N2O3. The van der Waals surface area contributed by atoms with Crippen LogP contribution in [0.2, 0.25) is 0 Å². The monoisotopic (exact) mass is 398 g/mol. The molecule has 30 heavy (non-hydrogen) atoms. The van der Waals surface area contributed by atoms with Gasteiger partial charge >= 0.3 is 6.09 Å². The molecule has 0 saturated heterocycles. The van der Waals surface area contributed by atoms with E-state index < -0.39 is 6.09 Å². The van der Waals surface area contributed by atoms with Crippen molar-refractivity contribution in [2.24, 2.45) is 0 Å². The molecule has 5 heteroatoms. The lowest BCUT2D eigenvalue weighted by Gasteiger charge is -2.14. The molecule has 1 aliphatic carbocycles. The average Bonchev–Trinajstić information content (AvgIpc) is 3.11. The molecule has 0 atom stereocenters. The summed E-state index contributed by atoms with van der Waals surface area (Å²) in [5.41, 5.74) is 6.10. The maximum atomic E-state index is 12.1. The molecule has 0 saturated carbocycles. The number of hydrogen-bond donors (Lipinski definition) is 1. The van der Waals surface area contributed by atoms with Crippen molar-refractivity contribution in [1.82, 2.24) is 10.3 Å². The summed E-state index contributed by atoms with van der Waals surface area (Å²) < 4.78 is 5.51. The Bertz CT molecular complexity index is 1050. The Labute approximate surface area is 175 Å². The first-order valence-corrected chi connectivity index (χ1v) is 9.93. The van der Waals surface area contributed by atoms with Crippen molar-refractivity contribution in [3.63, 3.8) is 0 Å². The van der Waals surface area contributed by atoms with Crippen molar-refractivity contribution in [2.45, 2.75) is 12.3 Å². The number of amides is 1. The van der Waals surface area contributed by atoms with Gasteiger partial charge in [-0.1, -0.05) is 54.6 Å². The standard InChI is InChI=1S/C25H22N2O3/c28-16-18-12-14-26-19(15-18)7-5-6-13-27-25(29)30-17-24-22-10-3-1-8-20(22)21-9-2-4-11-23(21)24/h1-5,7-12,14-16,24H,6,13,17H2,(H,27,29). The van der Waals surface area contributed by atoms with Gasteiger partial charge in [0.1, 0.15) is 12.9 Å². The van der Waals surface area contributed by atoms with Crippen LogP contribution in [0, 0.1) is 0 Å². The second-order valence-corrected chi connectivity index (χ2v) is 7.08. The number of pyridine rings is 1. The van der Waals surface area contributed by atoms with Crippen LogP contribution >= 0.6 is 0 Å². The summed E-state index contributed by atoms with van der Waals surface area (Å²) in [5, 5.41) is 2.77. The number of rotatable bonds is 7. The van der Waals surface area contributed by atoms with E-state index in [1.54, 1.807) is 18.3 Å². The van der Waals surface area contributed by atoms with E-state index in [0.717, 1.165) is 6.29 Å². The first-order valence-electron chi connectivity index (χ1n) is 9.93. The van der Waals surface area contributed by atoms with Crippen LogP contribution in [0.5, 0.6) is 0 Å². The maximum Gasteiger partial charge on any atom is 0.407 e. The van der Waals surface area contributed by atoms with Crippen LogP contribution < -0.4 is 5.32 Å². The Kier molecular flexibility index (Phi) is 5.99. The van der Waals surface area contributed by atoms with E-state index in [2.05, 4.69) is 34.6 Å². The molecule has 150 valence electrons. The third-order valence-electron chi connectivity index (χ3n) is 5.15. The Balaban J connectivity index is 1.27. The number of carbonyl (C=O) groups is 2. The molecule has 0 unspecified atom stereocenters. The SMILES string of the molecule is O=Cc1ccnc(C=CCCNC(=O)OCC2c3ccccc3-c3ccccc32)c1. The van der Waals surface area contributed by atoms with E-state index in [9.17, 15) is 9.59 Å². The molecule has 0 aliphatic heterocycles. The zero-order chi connectivity index (χ0) is 20.8. The summed E-state index contributed by atoms with van der Waals surface area (Å²) in [5.74, 6) is 0.0548. The topological polar surface area (TPSA) is 68.3 Å². The quantitative estimate of drug-likeness (QED) is 0.457. The lowest BCUT2D eigenvalue weighted by molar-refractivity contribution is 0.112. The minimum Gasteiger partial charge on any atom is -0.449 e. The molecular weight excluding hydrogens is 376 g/mol. The number of nitrogens with one attached hydrogen (secondary N) is 1. The summed E-state index contributed by atoms with van der Waals surface area (Å²) >= 11 is 0. The lowest BCUT2D eigenvalue weighted by Crippen LogP contribution is -2.26. The number of alkyl carbamates (subject to hydrolysis) is 1. The van der Waals surface area contributed by atoms with E-state index in [1.807, 2.05) is 36.4 Å². The third-order valence-corrected chi connectivity index (χ3v) is 5.15. The van der Waals surface area contributed by atoms with E-state index in [4.69, 9.17) is 4.74 Å². The Morgan fingerprint density at radius 3 is 2.43 bits per heavy atom. The smallest absolute Gasteiger partial charge is 0.407 e. The maximum absolute atomic E-state index is 12.1.